The van der Waals surface area contributed by atoms with Crippen LogP contribution in [0.3, 0.4) is 0 Å². The fourth-order valence-electron chi connectivity index (χ4n) is 11.1. The average Bonchev–Trinajstić information content (AvgIpc) is 3.83. The molecule has 3 heterocycles. The molecule has 0 atom stereocenters. The molecule has 0 radical (unpaired) electrons. The molecule has 0 saturated carbocycles. The number of benzene rings is 9. The van der Waals surface area contributed by atoms with E-state index in [2.05, 4.69) is 265 Å². The van der Waals surface area contributed by atoms with E-state index in [1.165, 1.54) is 72.0 Å². The molecule has 4 nitrogen and oxygen atoms in total. The summed E-state index contributed by atoms with van der Waals surface area (Å²) in [5.74, 6) is 0. The predicted molar refractivity (Wildman–Crippen MR) is 304 cm³/mol. The summed E-state index contributed by atoms with van der Waals surface area (Å²) in [7, 11) is 0. The fraction of sp³-hybridized carbons (Fsp3) is 0.182. The normalized spacial score (nSPS) is 13.3. The van der Waals surface area contributed by atoms with Gasteiger partial charge in [-0.25, -0.2) is 0 Å². The summed E-state index contributed by atoms with van der Waals surface area (Å²) >= 11 is 0. The molecule has 0 saturated heterocycles. The maximum absolute atomic E-state index is 5.93. The van der Waals surface area contributed by atoms with Crippen molar-refractivity contribution in [2.45, 2.75) is 78.6 Å². The molecule has 0 amide bonds. The highest BCUT2D eigenvalue weighted by Crippen LogP contribution is 2.50. The van der Waals surface area contributed by atoms with Crippen LogP contribution in [-0.2, 0) is 16.2 Å². The quantitative estimate of drug-likeness (QED) is 0.155. The molecule has 348 valence electrons. The van der Waals surface area contributed by atoms with Crippen molar-refractivity contribution in [3.63, 3.8) is 0 Å². The number of nitrogens with zero attached hydrogens (tertiary/aromatic N) is 3. The maximum Gasteiger partial charge on any atom is 0.252 e. The first kappa shape index (κ1) is 44.5. The zero-order chi connectivity index (χ0) is 49.0. The topological polar surface area (TPSA) is 22.9 Å². The molecule has 1 aromatic heterocycles. The molecule has 0 fully saturated rings. The third-order valence-corrected chi connectivity index (χ3v) is 15.0. The molecule has 2 aliphatic heterocycles. The number of para-hydroxylation sites is 2. The zero-order valence-corrected chi connectivity index (χ0v) is 42.4. The number of hydrogen-bond acceptors (Lipinski definition) is 4. The van der Waals surface area contributed by atoms with Crippen LogP contribution in [-0.4, -0.2) is 6.71 Å². The van der Waals surface area contributed by atoms with Gasteiger partial charge < -0.3 is 19.1 Å². The Bertz CT molecular complexity index is 3660. The fourth-order valence-corrected chi connectivity index (χ4v) is 11.1. The maximum atomic E-state index is 5.93. The molecule has 12 rings (SSSR count). The van der Waals surface area contributed by atoms with Gasteiger partial charge >= 0.3 is 0 Å². The number of fused-ring (bicyclic) bond motifs is 6. The smallest absolute Gasteiger partial charge is 0.252 e. The lowest BCUT2D eigenvalue weighted by molar-refractivity contribution is 0.572. The molecule has 0 spiro atoms. The molecule has 0 aliphatic carbocycles. The third kappa shape index (κ3) is 7.53. The lowest BCUT2D eigenvalue weighted by atomic mass is 9.33. The first-order chi connectivity index (χ1) is 34.1. The first-order valence-corrected chi connectivity index (χ1v) is 25.2. The molecule has 71 heavy (non-hydrogen) atoms. The van der Waals surface area contributed by atoms with E-state index in [0.717, 1.165) is 44.9 Å². The molecule has 5 heteroatoms. The standard InChI is InChI=1S/C66H60BN3O/c1-64(2,3)46-27-30-51(31-28-46)68(58-34-29-47(65(4,5)6)37-55(58)54-26-18-20-43-19-16-17-25-53(43)54)52-32-33-56-60(40-52)70(50-23-14-11-15-24-50)62-39-48(66(7,8)9)38-61-63(62)67(56)57-35-44-41-71-42-45(44)36-59(57)69(61)49-21-12-10-13-22-49/h10-42H,1-9H3. The molecule has 0 unspecified atom stereocenters. The van der Waals surface area contributed by atoms with Crippen LogP contribution < -0.4 is 31.1 Å². The Balaban J connectivity index is 1.17. The van der Waals surface area contributed by atoms with Crippen LogP contribution in [0.1, 0.15) is 79.0 Å². The highest BCUT2D eigenvalue weighted by Gasteiger charge is 2.45. The van der Waals surface area contributed by atoms with Gasteiger partial charge in [-0.1, -0.05) is 172 Å². The van der Waals surface area contributed by atoms with Crippen LogP contribution in [0.5, 0.6) is 0 Å². The Labute approximate surface area is 419 Å². The zero-order valence-electron chi connectivity index (χ0n) is 42.4. The lowest BCUT2D eigenvalue weighted by Crippen LogP contribution is -2.61. The van der Waals surface area contributed by atoms with Gasteiger partial charge in [0.2, 0.25) is 0 Å². The van der Waals surface area contributed by atoms with Crippen molar-refractivity contribution in [3.05, 3.63) is 217 Å². The SMILES string of the molecule is CC(C)(C)c1ccc(N(c2ccc3c(c2)N(c2ccccc2)c2cc(C(C)(C)C)cc4c2B3c2cc3cocc3cc2N4c2ccccc2)c2ccc(C(C)(C)C)cc2-c2cccc3ccccc23)cc1. The highest BCUT2D eigenvalue weighted by atomic mass is 16.3. The molecule has 9 aromatic carbocycles. The number of rotatable bonds is 6. The molecule has 0 bridgehead atoms. The summed E-state index contributed by atoms with van der Waals surface area (Å²) in [6.07, 6.45) is 3.78. The van der Waals surface area contributed by atoms with Crippen LogP contribution in [0.15, 0.2) is 205 Å². The lowest BCUT2D eigenvalue weighted by Gasteiger charge is -2.45. The second kappa shape index (κ2) is 16.4. The summed E-state index contributed by atoms with van der Waals surface area (Å²) in [5.41, 5.74) is 20.2. The van der Waals surface area contributed by atoms with Crippen LogP contribution in [0.2, 0.25) is 0 Å². The second-order valence-corrected chi connectivity index (χ2v) is 22.7. The molecule has 0 N–H and O–H groups in total. The van der Waals surface area contributed by atoms with Crippen molar-refractivity contribution in [2.24, 2.45) is 0 Å². The molecule has 2 aliphatic rings. The summed E-state index contributed by atoms with van der Waals surface area (Å²) < 4.78 is 5.93. The van der Waals surface area contributed by atoms with Gasteiger partial charge in [-0.05, 0) is 145 Å². The predicted octanol–water partition coefficient (Wildman–Crippen LogP) is 16.7. The van der Waals surface area contributed by atoms with E-state index in [1.807, 2.05) is 12.5 Å². The van der Waals surface area contributed by atoms with Gasteiger partial charge in [0.25, 0.3) is 6.71 Å². The minimum absolute atomic E-state index is 0.000399. The number of furan rings is 1. The van der Waals surface area contributed by atoms with Crippen molar-refractivity contribution >= 4 is 95.8 Å². The van der Waals surface area contributed by atoms with Gasteiger partial charge in [0.1, 0.15) is 0 Å². The van der Waals surface area contributed by atoms with Gasteiger partial charge in [0.15, 0.2) is 0 Å². The van der Waals surface area contributed by atoms with E-state index in [1.54, 1.807) is 0 Å². The third-order valence-electron chi connectivity index (χ3n) is 15.0. The van der Waals surface area contributed by atoms with Gasteiger partial charge in [0, 0.05) is 61.8 Å². The van der Waals surface area contributed by atoms with E-state index in [9.17, 15) is 0 Å². The summed E-state index contributed by atoms with van der Waals surface area (Å²) in [5, 5.41) is 4.65. The summed E-state index contributed by atoms with van der Waals surface area (Å²) in [4.78, 5) is 7.55. The first-order valence-electron chi connectivity index (χ1n) is 25.2. The summed E-state index contributed by atoms with van der Waals surface area (Å²) in [6.45, 7) is 20.8. The highest BCUT2D eigenvalue weighted by molar-refractivity contribution is 7.00. The van der Waals surface area contributed by atoms with Crippen LogP contribution in [0.4, 0.5) is 51.2 Å². The minimum Gasteiger partial charge on any atom is -0.471 e. The van der Waals surface area contributed by atoms with Crippen molar-refractivity contribution < 1.29 is 4.42 Å². The Hall–Kier alpha value is -7.76. The van der Waals surface area contributed by atoms with E-state index in [-0.39, 0.29) is 23.0 Å². The van der Waals surface area contributed by atoms with E-state index < -0.39 is 0 Å². The van der Waals surface area contributed by atoms with Crippen molar-refractivity contribution in [2.75, 3.05) is 14.7 Å². The number of hydrogen-bond donors (Lipinski definition) is 0. The number of anilines is 9. The Kier molecular flexibility index (Phi) is 10.3. The molecular formula is C66H60BN3O. The van der Waals surface area contributed by atoms with Crippen LogP contribution in [0.25, 0.3) is 32.7 Å². The van der Waals surface area contributed by atoms with E-state index >= 15 is 0 Å². The van der Waals surface area contributed by atoms with Gasteiger partial charge in [-0.3, -0.25) is 0 Å². The van der Waals surface area contributed by atoms with Crippen LogP contribution >= 0.6 is 0 Å². The average molecular weight is 922 g/mol. The molecule has 10 aromatic rings. The van der Waals surface area contributed by atoms with E-state index in [4.69, 9.17) is 4.42 Å². The van der Waals surface area contributed by atoms with Gasteiger partial charge in [0.05, 0.1) is 18.2 Å². The Morgan fingerprint density at radius 1 is 0.394 bits per heavy atom. The van der Waals surface area contributed by atoms with Crippen molar-refractivity contribution in [1.29, 1.82) is 0 Å². The monoisotopic (exact) mass is 921 g/mol. The summed E-state index contributed by atoms with van der Waals surface area (Å²) in [6, 6.07) is 70.8. The van der Waals surface area contributed by atoms with Gasteiger partial charge in [-0.15, -0.1) is 0 Å². The van der Waals surface area contributed by atoms with Crippen molar-refractivity contribution in [3.8, 4) is 11.1 Å². The molecular weight excluding hydrogens is 862 g/mol. The largest absolute Gasteiger partial charge is 0.471 e. The Morgan fingerprint density at radius 3 is 1.58 bits per heavy atom. The van der Waals surface area contributed by atoms with Gasteiger partial charge in [-0.2, -0.15) is 0 Å². The van der Waals surface area contributed by atoms with Crippen LogP contribution in [0, 0.1) is 0 Å². The second-order valence-electron chi connectivity index (χ2n) is 22.7. The minimum atomic E-state index is -0.143. The van der Waals surface area contributed by atoms with E-state index in [0.29, 0.717) is 0 Å². The van der Waals surface area contributed by atoms with Crippen molar-refractivity contribution in [1.82, 2.24) is 0 Å². The Morgan fingerprint density at radius 2 is 0.944 bits per heavy atom.